The van der Waals surface area contributed by atoms with Crippen molar-refractivity contribution in [3.05, 3.63) is 83.4 Å². The van der Waals surface area contributed by atoms with Crippen LogP contribution in [0.4, 0.5) is 0 Å². The second-order valence-corrected chi connectivity index (χ2v) is 10.2. The zero-order chi connectivity index (χ0) is 22.5. The van der Waals surface area contributed by atoms with E-state index in [-0.39, 0.29) is 0 Å². The summed E-state index contributed by atoms with van der Waals surface area (Å²) in [5.41, 5.74) is 4.03. The minimum Gasteiger partial charge on any atom is -0.129 e. The Kier molecular flexibility index (Phi) is 7.65. The first-order valence-corrected chi connectivity index (χ1v) is 13.9. The van der Waals surface area contributed by atoms with Crippen molar-refractivity contribution in [1.82, 2.24) is 0 Å². The summed E-state index contributed by atoms with van der Waals surface area (Å²) in [6.45, 7) is 4.63. The fourth-order valence-electron chi connectivity index (χ4n) is 4.33. The zero-order valence-electron chi connectivity index (χ0n) is 19.5. The number of fused-ring (bicyclic) bond motifs is 2. The molecule has 0 radical (unpaired) electrons. The van der Waals surface area contributed by atoms with Crippen molar-refractivity contribution in [2.45, 2.75) is 48.8 Å². The Balaban J connectivity index is 1.69. The molecule has 1 atom stereocenters. The Bertz CT molecular complexity index is 1250. The van der Waals surface area contributed by atoms with Gasteiger partial charge in [0.2, 0.25) is 0 Å². The van der Waals surface area contributed by atoms with E-state index >= 15 is 0 Å². The smallest absolute Gasteiger partial charge is 0.0148 e. The Labute approximate surface area is 201 Å². The topological polar surface area (TPSA) is 0 Å². The van der Waals surface area contributed by atoms with E-state index in [1.807, 2.05) is 23.5 Å². The Morgan fingerprint density at radius 2 is 1.28 bits per heavy atom. The maximum atomic E-state index is 2.40. The molecule has 0 aromatic heterocycles. The van der Waals surface area contributed by atoms with Gasteiger partial charge in [-0.05, 0) is 87.4 Å². The molecule has 1 unspecified atom stereocenters. The summed E-state index contributed by atoms with van der Waals surface area (Å²) in [6, 6.07) is 25.0. The van der Waals surface area contributed by atoms with E-state index in [2.05, 4.69) is 105 Å². The quantitative estimate of drug-likeness (QED) is 0.191. The van der Waals surface area contributed by atoms with Gasteiger partial charge in [-0.25, -0.2) is 0 Å². The first-order valence-electron chi connectivity index (χ1n) is 11.5. The summed E-state index contributed by atoms with van der Waals surface area (Å²) in [6.07, 6.45) is 12.7. The normalized spacial score (nSPS) is 12.8. The van der Waals surface area contributed by atoms with Crippen molar-refractivity contribution in [1.29, 1.82) is 0 Å². The summed E-state index contributed by atoms with van der Waals surface area (Å²) in [5.74, 6) is 0.620. The fraction of sp³-hybridized carbons (Fsp3) is 0.267. The summed E-state index contributed by atoms with van der Waals surface area (Å²) in [4.78, 5) is 2.65. The van der Waals surface area contributed by atoms with E-state index in [1.54, 1.807) is 0 Å². The van der Waals surface area contributed by atoms with Gasteiger partial charge in [0.05, 0.1) is 0 Å². The zero-order valence-corrected chi connectivity index (χ0v) is 21.2. The van der Waals surface area contributed by atoms with E-state index < -0.39 is 0 Å². The van der Waals surface area contributed by atoms with Crippen LogP contribution < -0.4 is 0 Å². The minimum absolute atomic E-state index is 0.620. The first-order chi connectivity index (χ1) is 15.6. The molecule has 0 saturated heterocycles. The third-order valence-electron chi connectivity index (χ3n) is 6.31. The summed E-state index contributed by atoms with van der Waals surface area (Å²) >= 11 is 3.64. The van der Waals surface area contributed by atoms with E-state index in [0.717, 1.165) is 0 Å². The lowest BCUT2D eigenvalue weighted by Crippen LogP contribution is -1.94. The van der Waals surface area contributed by atoms with Gasteiger partial charge in [0.15, 0.2) is 0 Å². The molecule has 4 aromatic rings. The van der Waals surface area contributed by atoms with Crippen molar-refractivity contribution < 1.29 is 0 Å². The molecule has 0 bridgehead atoms. The molecular formula is C30H32S2. The minimum atomic E-state index is 0.620. The lowest BCUT2D eigenvalue weighted by atomic mass is 9.93. The van der Waals surface area contributed by atoms with Crippen LogP contribution in [-0.2, 0) is 0 Å². The van der Waals surface area contributed by atoms with E-state index in [9.17, 15) is 0 Å². The highest BCUT2D eigenvalue weighted by atomic mass is 32.2. The maximum absolute atomic E-state index is 2.40. The van der Waals surface area contributed by atoms with Crippen LogP contribution in [0.15, 0.2) is 76.5 Å². The van der Waals surface area contributed by atoms with Gasteiger partial charge in [-0.3, -0.25) is 0 Å². The monoisotopic (exact) mass is 456 g/mol. The molecule has 0 N–H and O–H groups in total. The van der Waals surface area contributed by atoms with Gasteiger partial charge in [-0.2, -0.15) is 0 Å². The molecule has 0 fully saturated rings. The Morgan fingerprint density at radius 3 is 1.88 bits per heavy atom. The largest absolute Gasteiger partial charge is 0.129 e. The summed E-state index contributed by atoms with van der Waals surface area (Å²) in [5, 5.41) is 5.26. The third kappa shape index (κ3) is 5.08. The molecule has 0 amide bonds. The van der Waals surface area contributed by atoms with Crippen molar-refractivity contribution in [3.8, 4) is 0 Å². The molecule has 32 heavy (non-hydrogen) atoms. The molecule has 0 spiro atoms. The molecule has 0 saturated carbocycles. The number of thioether (sulfide) groups is 2. The average Bonchev–Trinajstić information content (AvgIpc) is 2.84. The summed E-state index contributed by atoms with van der Waals surface area (Å²) < 4.78 is 0. The average molecular weight is 457 g/mol. The van der Waals surface area contributed by atoms with Gasteiger partial charge >= 0.3 is 0 Å². The lowest BCUT2D eigenvalue weighted by molar-refractivity contribution is 0.625. The van der Waals surface area contributed by atoms with Gasteiger partial charge in [-0.15, -0.1) is 23.5 Å². The molecule has 164 valence electrons. The van der Waals surface area contributed by atoms with Crippen molar-refractivity contribution in [2.75, 3.05) is 12.5 Å². The second-order valence-electron chi connectivity index (χ2n) is 8.52. The van der Waals surface area contributed by atoms with Crippen LogP contribution in [0.1, 0.15) is 55.7 Å². The highest BCUT2D eigenvalue weighted by Gasteiger charge is 2.09. The van der Waals surface area contributed by atoms with Gasteiger partial charge in [0.25, 0.3) is 0 Å². The molecular weight excluding hydrogens is 424 g/mol. The van der Waals surface area contributed by atoms with Crippen LogP contribution in [-0.4, -0.2) is 12.5 Å². The van der Waals surface area contributed by atoms with Gasteiger partial charge < -0.3 is 0 Å². The van der Waals surface area contributed by atoms with Crippen molar-refractivity contribution in [3.63, 3.8) is 0 Å². The number of rotatable bonds is 8. The van der Waals surface area contributed by atoms with Gasteiger partial charge in [-0.1, -0.05) is 81.3 Å². The standard InChI is InChI=1S/C30H32S2/c1-5-6-9-21(2)22-12-13-25-18-27(30(32-4)20-28(25)16-22)15-14-26-17-23-10-7-8-11-24(23)19-29(26)31-3/h7-8,10-21H,5-6,9H2,1-4H3/b15-14+. The molecule has 0 aliphatic carbocycles. The van der Waals surface area contributed by atoms with Crippen LogP contribution >= 0.6 is 23.5 Å². The molecule has 0 heterocycles. The van der Waals surface area contributed by atoms with Crippen molar-refractivity contribution >= 4 is 57.2 Å². The molecule has 4 aromatic carbocycles. The molecule has 2 heteroatoms. The van der Waals surface area contributed by atoms with Crippen LogP contribution in [0.25, 0.3) is 33.7 Å². The molecule has 0 aliphatic heterocycles. The van der Waals surface area contributed by atoms with Gasteiger partial charge in [0.1, 0.15) is 0 Å². The third-order valence-corrected chi connectivity index (χ3v) is 7.90. The number of benzene rings is 4. The Hall–Kier alpha value is -2.16. The fourth-order valence-corrected chi connectivity index (χ4v) is 5.54. The highest BCUT2D eigenvalue weighted by Crippen LogP contribution is 2.33. The molecule has 4 rings (SSSR count). The molecule has 0 aliphatic rings. The lowest BCUT2D eigenvalue weighted by Gasteiger charge is -2.14. The molecule has 0 nitrogen and oxygen atoms in total. The first kappa shape index (κ1) is 23.0. The van der Waals surface area contributed by atoms with E-state index in [0.29, 0.717) is 5.92 Å². The van der Waals surface area contributed by atoms with Crippen LogP contribution in [0, 0.1) is 0 Å². The summed E-state index contributed by atoms with van der Waals surface area (Å²) in [7, 11) is 0. The second kappa shape index (κ2) is 10.6. The predicted octanol–water partition coefficient (Wildman–Crippen LogP) is 9.90. The predicted molar refractivity (Wildman–Crippen MR) is 148 cm³/mol. The maximum Gasteiger partial charge on any atom is 0.0148 e. The van der Waals surface area contributed by atoms with E-state index in [4.69, 9.17) is 0 Å². The SMILES string of the molecule is CCCCC(C)c1ccc2cc(/C=C/c3cc4ccccc4cc3SC)c(SC)cc2c1. The number of hydrogen-bond donors (Lipinski definition) is 0. The van der Waals surface area contributed by atoms with Crippen LogP contribution in [0.2, 0.25) is 0 Å². The van der Waals surface area contributed by atoms with Gasteiger partial charge in [0, 0.05) is 9.79 Å². The van der Waals surface area contributed by atoms with Crippen molar-refractivity contribution in [2.24, 2.45) is 0 Å². The Morgan fingerprint density at radius 1 is 0.719 bits per heavy atom. The van der Waals surface area contributed by atoms with Crippen LogP contribution in [0.5, 0.6) is 0 Å². The van der Waals surface area contributed by atoms with Crippen LogP contribution in [0.3, 0.4) is 0 Å². The van der Waals surface area contributed by atoms with E-state index in [1.165, 1.54) is 67.3 Å². The number of hydrogen-bond acceptors (Lipinski definition) is 2. The highest BCUT2D eigenvalue weighted by molar-refractivity contribution is 7.99. The number of unbranched alkanes of at least 4 members (excludes halogenated alkanes) is 1.